The van der Waals surface area contributed by atoms with Gasteiger partial charge in [0.15, 0.2) is 0 Å². The van der Waals surface area contributed by atoms with Crippen molar-refractivity contribution in [1.29, 1.82) is 0 Å². The topological polar surface area (TPSA) is 38.3 Å². The van der Waals surface area contributed by atoms with Gasteiger partial charge >= 0.3 is 5.97 Å². The summed E-state index contributed by atoms with van der Waals surface area (Å²) in [5, 5.41) is 3.31. The van der Waals surface area contributed by atoms with Crippen LogP contribution in [0.3, 0.4) is 0 Å². The lowest BCUT2D eigenvalue weighted by Gasteiger charge is -2.05. The number of benzene rings is 1. The molecule has 0 radical (unpaired) electrons. The Labute approximate surface area is 116 Å². The molecule has 0 saturated carbocycles. The zero-order valence-corrected chi connectivity index (χ0v) is 12.2. The fourth-order valence-corrected chi connectivity index (χ4v) is 1.79. The molecule has 0 saturated heterocycles. The van der Waals surface area contributed by atoms with E-state index in [0.717, 1.165) is 19.5 Å². The number of rotatable bonds is 7. The Hall–Kier alpha value is -0.620. The van der Waals surface area contributed by atoms with Crippen LogP contribution in [0.25, 0.3) is 0 Å². The van der Waals surface area contributed by atoms with E-state index in [9.17, 15) is 4.79 Å². The Kier molecular flexibility index (Phi) is 7.19. The van der Waals surface area contributed by atoms with Crippen molar-refractivity contribution in [3.63, 3.8) is 0 Å². The van der Waals surface area contributed by atoms with Crippen molar-refractivity contribution < 1.29 is 9.53 Å². The first-order valence-corrected chi connectivity index (χ1v) is 6.91. The van der Waals surface area contributed by atoms with Crippen LogP contribution in [0.5, 0.6) is 0 Å². The van der Waals surface area contributed by atoms with Gasteiger partial charge in [-0.25, -0.2) is 0 Å². The molecule has 0 aliphatic carbocycles. The first-order chi connectivity index (χ1) is 8.22. The monoisotopic (exact) mass is 347 g/mol. The molecule has 0 unspecified atom stereocenters. The van der Waals surface area contributed by atoms with Gasteiger partial charge in [-0.1, -0.05) is 12.1 Å². The highest BCUT2D eigenvalue weighted by atomic mass is 127. The fraction of sp³-hybridized carbons (Fsp3) is 0.462. The van der Waals surface area contributed by atoms with Gasteiger partial charge in [-0.2, -0.15) is 0 Å². The van der Waals surface area contributed by atoms with Gasteiger partial charge in [0.1, 0.15) is 0 Å². The number of ether oxygens (including phenoxy) is 1. The van der Waals surface area contributed by atoms with Crippen LogP contribution in [-0.2, 0) is 16.1 Å². The largest absolute Gasteiger partial charge is 0.466 e. The Balaban J connectivity index is 2.08. The minimum absolute atomic E-state index is 0.108. The van der Waals surface area contributed by atoms with Crippen molar-refractivity contribution in [2.45, 2.75) is 26.3 Å². The number of esters is 1. The van der Waals surface area contributed by atoms with E-state index in [1.807, 2.05) is 6.92 Å². The molecule has 17 heavy (non-hydrogen) atoms. The predicted octanol–water partition coefficient (Wildman–Crippen LogP) is 2.72. The highest BCUT2D eigenvalue weighted by Gasteiger charge is 2.00. The van der Waals surface area contributed by atoms with Gasteiger partial charge in [-0.05, 0) is 60.2 Å². The molecule has 0 fully saturated rings. The van der Waals surface area contributed by atoms with Gasteiger partial charge in [0.25, 0.3) is 0 Å². The predicted molar refractivity (Wildman–Crippen MR) is 76.7 cm³/mol. The van der Waals surface area contributed by atoms with E-state index >= 15 is 0 Å². The van der Waals surface area contributed by atoms with Crippen LogP contribution in [0.1, 0.15) is 25.3 Å². The molecule has 1 rings (SSSR count). The van der Waals surface area contributed by atoms with E-state index in [-0.39, 0.29) is 5.97 Å². The zero-order valence-electron chi connectivity index (χ0n) is 10.0. The number of carbonyl (C=O) groups excluding carboxylic acids is 1. The molecular formula is C13H18INO2. The second-order valence-corrected chi connectivity index (χ2v) is 4.96. The van der Waals surface area contributed by atoms with Gasteiger partial charge in [0.2, 0.25) is 0 Å². The zero-order chi connectivity index (χ0) is 12.5. The van der Waals surface area contributed by atoms with E-state index in [1.54, 1.807) is 0 Å². The molecule has 4 heteroatoms. The van der Waals surface area contributed by atoms with Crippen LogP contribution in [0, 0.1) is 3.57 Å². The summed E-state index contributed by atoms with van der Waals surface area (Å²) < 4.78 is 6.10. The lowest BCUT2D eigenvalue weighted by atomic mass is 10.2. The summed E-state index contributed by atoms with van der Waals surface area (Å²) in [6, 6.07) is 8.41. The third-order valence-corrected chi connectivity index (χ3v) is 3.00. The SMILES string of the molecule is CCOC(=O)CCCNCc1ccc(I)cc1. The molecule has 0 atom stereocenters. The Morgan fingerprint density at radius 1 is 1.35 bits per heavy atom. The second-order valence-electron chi connectivity index (χ2n) is 3.71. The second kappa shape index (κ2) is 8.47. The minimum atomic E-state index is -0.108. The van der Waals surface area contributed by atoms with Crippen LogP contribution in [0.2, 0.25) is 0 Å². The molecule has 0 amide bonds. The quantitative estimate of drug-likeness (QED) is 0.468. The third kappa shape index (κ3) is 6.63. The van der Waals surface area contributed by atoms with Crippen LogP contribution < -0.4 is 5.32 Å². The van der Waals surface area contributed by atoms with Gasteiger partial charge in [0.05, 0.1) is 6.61 Å². The van der Waals surface area contributed by atoms with Gasteiger partial charge in [-0.15, -0.1) is 0 Å². The van der Waals surface area contributed by atoms with Crippen molar-refractivity contribution in [3.05, 3.63) is 33.4 Å². The van der Waals surface area contributed by atoms with Crippen molar-refractivity contribution in [2.75, 3.05) is 13.2 Å². The summed E-state index contributed by atoms with van der Waals surface area (Å²) >= 11 is 2.29. The van der Waals surface area contributed by atoms with Gasteiger partial charge in [0, 0.05) is 16.5 Å². The highest BCUT2D eigenvalue weighted by Crippen LogP contribution is 2.06. The number of nitrogens with one attached hydrogen (secondary N) is 1. The Morgan fingerprint density at radius 2 is 2.06 bits per heavy atom. The number of hydrogen-bond donors (Lipinski definition) is 1. The van der Waals surface area contributed by atoms with E-state index in [1.165, 1.54) is 9.13 Å². The molecule has 0 aromatic heterocycles. The van der Waals surface area contributed by atoms with Crippen molar-refractivity contribution in [3.8, 4) is 0 Å². The molecule has 0 aliphatic rings. The van der Waals surface area contributed by atoms with Crippen LogP contribution in [0.15, 0.2) is 24.3 Å². The van der Waals surface area contributed by atoms with Crippen molar-refractivity contribution in [1.82, 2.24) is 5.32 Å². The average molecular weight is 347 g/mol. The molecule has 3 nitrogen and oxygen atoms in total. The first-order valence-electron chi connectivity index (χ1n) is 5.83. The maximum atomic E-state index is 11.1. The molecule has 0 bridgehead atoms. The summed E-state index contributed by atoms with van der Waals surface area (Å²) in [4.78, 5) is 11.1. The van der Waals surface area contributed by atoms with Crippen molar-refractivity contribution >= 4 is 28.6 Å². The smallest absolute Gasteiger partial charge is 0.305 e. The number of carbonyl (C=O) groups is 1. The molecule has 1 aromatic rings. The molecule has 0 heterocycles. The Bertz CT molecular complexity index is 338. The summed E-state index contributed by atoms with van der Waals surface area (Å²) in [5.74, 6) is -0.108. The standard InChI is InChI=1S/C13H18INO2/c1-2-17-13(16)4-3-9-15-10-11-5-7-12(14)8-6-11/h5-8,15H,2-4,9-10H2,1H3. The molecule has 1 N–H and O–H groups in total. The summed E-state index contributed by atoms with van der Waals surface area (Å²) in [7, 11) is 0. The molecule has 0 aliphatic heterocycles. The van der Waals surface area contributed by atoms with E-state index in [0.29, 0.717) is 13.0 Å². The Morgan fingerprint density at radius 3 is 2.71 bits per heavy atom. The lowest BCUT2D eigenvalue weighted by molar-refractivity contribution is -0.143. The lowest BCUT2D eigenvalue weighted by Crippen LogP contribution is -2.16. The third-order valence-electron chi connectivity index (χ3n) is 2.28. The van der Waals surface area contributed by atoms with Crippen molar-refractivity contribution in [2.24, 2.45) is 0 Å². The van der Waals surface area contributed by atoms with Crippen LogP contribution in [0.4, 0.5) is 0 Å². The average Bonchev–Trinajstić information content (AvgIpc) is 2.31. The molecule has 1 aromatic carbocycles. The van der Waals surface area contributed by atoms with Gasteiger partial charge in [-0.3, -0.25) is 4.79 Å². The maximum absolute atomic E-state index is 11.1. The summed E-state index contributed by atoms with van der Waals surface area (Å²) in [5.41, 5.74) is 1.27. The number of halogens is 1. The maximum Gasteiger partial charge on any atom is 0.305 e. The number of hydrogen-bond acceptors (Lipinski definition) is 3. The molecular weight excluding hydrogens is 329 g/mol. The van der Waals surface area contributed by atoms with Crippen LogP contribution in [-0.4, -0.2) is 19.1 Å². The van der Waals surface area contributed by atoms with Crippen LogP contribution >= 0.6 is 22.6 Å². The summed E-state index contributed by atoms with van der Waals surface area (Å²) in [6.07, 6.45) is 1.32. The summed E-state index contributed by atoms with van der Waals surface area (Å²) in [6.45, 7) is 3.98. The van der Waals surface area contributed by atoms with E-state index in [2.05, 4.69) is 52.2 Å². The van der Waals surface area contributed by atoms with Gasteiger partial charge < -0.3 is 10.1 Å². The van der Waals surface area contributed by atoms with E-state index < -0.39 is 0 Å². The highest BCUT2D eigenvalue weighted by molar-refractivity contribution is 14.1. The minimum Gasteiger partial charge on any atom is -0.466 e. The fourth-order valence-electron chi connectivity index (χ4n) is 1.43. The normalized spacial score (nSPS) is 10.2. The molecule has 94 valence electrons. The first kappa shape index (κ1) is 14.4. The molecule has 0 spiro atoms. The van der Waals surface area contributed by atoms with E-state index in [4.69, 9.17) is 4.74 Å².